The highest BCUT2D eigenvalue weighted by Crippen LogP contribution is 2.39. The van der Waals surface area contributed by atoms with E-state index in [0.717, 1.165) is 25.1 Å². The molecule has 1 aromatic heterocycles. The Bertz CT molecular complexity index is 296. The van der Waals surface area contributed by atoms with E-state index < -0.39 is 6.10 Å². The van der Waals surface area contributed by atoms with Crippen molar-refractivity contribution in [3.8, 4) is 0 Å². The van der Waals surface area contributed by atoms with E-state index in [1.165, 1.54) is 11.3 Å². The van der Waals surface area contributed by atoms with Gasteiger partial charge in [-0.05, 0) is 12.8 Å². The van der Waals surface area contributed by atoms with Crippen LogP contribution in [-0.4, -0.2) is 29.8 Å². The van der Waals surface area contributed by atoms with Crippen molar-refractivity contribution in [3.05, 3.63) is 16.6 Å². The molecule has 84 valence electrons. The van der Waals surface area contributed by atoms with Crippen LogP contribution in [0.4, 0.5) is 0 Å². The first-order valence-electron chi connectivity index (χ1n) is 5.12. The van der Waals surface area contributed by atoms with Crippen LogP contribution in [0.3, 0.4) is 0 Å². The fourth-order valence-electron chi connectivity index (χ4n) is 2.03. The van der Waals surface area contributed by atoms with Gasteiger partial charge in [0.1, 0.15) is 6.10 Å². The van der Waals surface area contributed by atoms with Crippen molar-refractivity contribution in [1.82, 2.24) is 4.98 Å². The molecule has 0 radical (unpaired) electrons. The Morgan fingerprint density at radius 3 is 3.13 bits per heavy atom. The molecule has 0 aromatic carbocycles. The number of nitrogens with two attached hydrogens (primary N) is 1. The minimum atomic E-state index is -0.603. The summed E-state index contributed by atoms with van der Waals surface area (Å²) < 4.78 is 5.43. The van der Waals surface area contributed by atoms with Crippen molar-refractivity contribution >= 4 is 11.3 Å². The Balaban J connectivity index is 2.18. The average Bonchev–Trinajstić information content (AvgIpc) is 2.82. The Morgan fingerprint density at radius 2 is 2.60 bits per heavy atom. The molecule has 1 aliphatic rings. The molecule has 1 aliphatic heterocycles. The Labute approximate surface area is 93.1 Å². The monoisotopic (exact) mass is 228 g/mol. The van der Waals surface area contributed by atoms with E-state index in [9.17, 15) is 5.11 Å². The molecule has 2 rings (SSSR count). The van der Waals surface area contributed by atoms with Gasteiger partial charge >= 0.3 is 0 Å². The average molecular weight is 228 g/mol. The van der Waals surface area contributed by atoms with E-state index in [1.807, 2.05) is 5.38 Å². The summed E-state index contributed by atoms with van der Waals surface area (Å²) in [4.78, 5) is 4.14. The second-order valence-corrected chi connectivity index (χ2v) is 4.76. The number of hydrogen-bond donors (Lipinski definition) is 2. The predicted molar refractivity (Wildman–Crippen MR) is 58.6 cm³/mol. The van der Waals surface area contributed by atoms with Gasteiger partial charge < -0.3 is 15.6 Å². The quantitative estimate of drug-likeness (QED) is 0.807. The molecule has 4 nitrogen and oxygen atoms in total. The molecule has 0 aliphatic carbocycles. The van der Waals surface area contributed by atoms with Crippen molar-refractivity contribution in [2.24, 2.45) is 11.1 Å². The summed E-state index contributed by atoms with van der Waals surface area (Å²) in [6.07, 6.45) is 1.26. The molecule has 2 unspecified atom stereocenters. The Hall–Kier alpha value is -0.490. The summed E-state index contributed by atoms with van der Waals surface area (Å²) in [5.74, 6) is 0. The van der Waals surface area contributed by atoms with Gasteiger partial charge in [0.15, 0.2) is 0 Å². The summed E-state index contributed by atoms with van der Waals surface area (Å²) in [5, 5.41) is 12.1. The van der Waals surface area contributed by atoms with Crippen LogP contribution in [0.2, 0.25) is 0 Å². The molecule has 15 heavy (non-hydrogen) atoms. The van der Waals surface area contributed by atoms with E-state index in [1.54, 1.807) is 5.51 Å². The Morgan fingerprint density at radius 1 is 1.73 bits per heavy atom. The van der Waals surface area contributed by atoms with E-state index in [4.69, 9.17) is 10.5 Å². The number of hydrogen-bond acceptors (Lipinski definition) is 5. The van der Waals surface area contributed by atoms with Gasteiger partial charge in [-0.3, -0.25) is 0 Å². The van der Waals surface area contributed by atoms with Gasteiger partial charge in [-0.25, -0.2) is 4.98 Å². The van der Waals surface area contributed by atoms with Crippen LogP contribution in [0.15, 0.2) is 10.9 Å². The molecule has 5 heteroatoms. The zero-order chi connectivity index (χ0) is 10.7. The maximum atomic E-state index is 10.3. The lowest BCUT2D eigenvalue weighted by Crippen LogP contribution is -2.43. The molecule has 0 saturated carbocycles. The fourth-order valence-corrected chi connectivity index (χ4v) is 2.61. The van der Waals surface area contributed by atoms with Crippen molar-refractivity contribution in [2.45, 2.75) is 18.9 Å². The van der Waals surface area contributed by atoms with Crippen LogP contribution in [0.1, 0.15) is 24.6 Å². The number of rotatable bonds is 3. The summed E-state index contributed by atoms with van der Waals surface area (Å²) in [6.45, 7) is 1.74. The molecular weight excluding hydrogens is 212 g/mol. The molecule has 1 saturated heterocycles. The summed E-state index contributed by atoms with van der Waals surface area (Å²) in [6, 6.07) is 0. The predicted octanol–water partition coefficient (Wildman–Crippen LogP) is 0.932. The van der Waals surface area contributed by atoms with Gasteiger partial charge in [0.25, 0.3) is 0 Å². The van der Waals surface area contributed by atoms with Gasteiger partial charge in [-0.2, -0.15) is 0 Å². The van der Waals surface area contributed by atoms with Crippen molar-refractivity contribution in [2.75, 3.05) is 19.8 Å². The van der Waals surface area contributed by atoms with E-state index >= 15 is 0 Å². The number of nitrogens with zero attached hydrogens (tertiary/aromatic N) is 1. The molecule has 3 N–H and O–H groups in total. The first kappa shape index (κ1) is 11.0. The zero-order valence-corrected chi connectivity index (χ0v) is 9.37. The molecule has 1 aromatic rings. The number of aromatic nitrogens is 1. The van der Waals surface area contributed by atoms with Gasteiger partial charge in [-0.15, -0.1) is 11.3 Å². The minimum Gasteiger partial charge on any atom is -0.386 e. The highest BCUT2D eigenvalue weighted by molar-refractivity contribution is 7.07. The van der Waals surface area contributed by atoms with Crippen LogP contribution < -0.4 is 5.73 Å². The highest BCUT2D eigenvalue weighted by Gasteiger charge is 2.40. The molecular formula is C10H16N2O2S. The van der Waals surface area contributed by atoms with Crippen LogP contribution >= 0.6 is 11.3 Å². The van der Waals surface area contributed by atoms with Crippen LogP contribution in [0, 0.1) is 5.41 Å². The van der Waals surface area contributed by atoms with Crippen LogP contribution in [-0.2, 0) is 4.74 Å². The van der Waals surface area contributed by atoms with Crippen LogP contribution in [0.25, 0.3) is 0 Å². The molecule has 2 atom stereocenters. The topological polar surface area (TPSA) is 68.4 Å². The molecule has 1 fully saturated rings. The standard InChI is InChI=1S/C10H16N2O2S/c11-5-10(2-1-3-14-6-10)9(13)8-4-15-7-12-8/h4,7,9,13H,1-3,5-6,11H2. The van der Waals surface area contributed by atoms with Gasteiger partial charge in [0, 0.05) is 23.9 Å². The maximum absolute atomic E-state index is 10.3. The van der Waals surface area contributed by atoms with Crippen molar-refractivity contribution in [3.63, 3.8) is 0 Å². The van der Waals surface area contributed by atoms with Gasteiger partial charge in [0.05, 0.1) is 17.8 Å². The van der Waals surface area contributed by atoms with Crippen LogP contribution in [0.5, 0.6) is 0 Å². The highest BCUT2D eigenvalue weighted by atomic mass is 32.1. The third-order valence-electron chi connectivity index (χ3n) is 3.07. The lowest BCUT2D eigenvalue weighted by molar-refractivity contribution is -0.0794. The number of aliphatic hydroxyl groups excluding tert-OH is 1. The normalized spacial score (nSPS) is 28.9. The lowest BCUT2D eigenvalue weighted by atomic mass is 9.76. The lowest BCUT2D eigenvalue weighted by Gasteiger charge is -2.39. The van der Waals surface area contributed by atoms with Crippen molar-refractivity contribution < 1.29 is 9.84 Å². The number of thiazole rings is 1. The zero-order valence-electron chi connectivity index (χ0n) is 8.56. The fraction of sp³-hybridized carbons (Fsp3) is 0.700. The van der Waals surface area contributed by atoms with Gasteiger partial charge in [-0.1, -0.05) is 0 Å². The molecule has 0 bridgehead atoms. The van der Waals surface area contributed by atoms with Crippen molar-refractivity contribution in [1.29, 1.82) is 0 Å². The van der Waals surface area contributed by atoms with E-state index in [-0.39, 0.29) is 5.41 Å². The third-order valence-corrected chi connectivity index (χ3v) is 3.68. The number of aliphatic hydroxyl groups is 1. The third kappa shape index (κ3) is 2.06. The molecule has 0 spiro atoms. The second-order valence-electron chi connectivity index (χ2n) is 4.04. The largest absolute Gasteiger partial charge is 0.386 e. The minimum absolute atomic E-state index is 0.341. The molecule has 2 heterocycles. The molecule has 0 amide bonds. The summed E-state index contributed by atoms with van der Waals surface area (Å²) >= 11 is 1.49. The smallest absolute Gasteiger partial charge is 0.106 e. The summed E-state index contributed by atoms with van der Waals surface area (Å²) in [5.41, 5.74) is 7.89. The van der Waals surface area contributed by atoms with E-state index in [0.29, 0.717) is 13.2 Å². The van der Waals surface area contributed by atoms with E-state index in [2.05, 4.69) is 4.98 Å². The maximum Gasteiger partial charge on any atom is 0.106 e. The first-order valence-corrected chi connectivity index (χ1v) is 6.07. The number of ether oxygens (including phenoxy) is 1. The second kappa shape index (κ2) is 4.57. The summed E-state index contributed by atoms with van der Waals surface area (Å²) in [7, 11) is 0. The Kier molecular flexibility index (Phi) is 3.35. The first-order chi connectivity index (χ1) is 7.28. The SMILES string of the molecule is NCC1(C(O)c2cscn2)CCCOC1. The van der Waals surface area contributed by atoms with Gasteiger partial charge in [0.2, 0.25) is 0 Å².